The third kappa shape index (κ3) is 4.73. The van der Waals surface area contributed by atoms with Crippen LogP contribution in [0.3, 0.4) is 0 Å². The van der Waals surface area contributed by atoms with E-state index in [2.05, 4.69) is 17.6 Å². The van der Waals surface area contributed by atoms with Gasteiger partial charge in [0.25, 0.3) is 0 Å². The first kappa shape index (κ1) is 15.8. The van der Waals surface area contributed by atoms with Gasteiger partial charge in [0.15, 0.2) is 0 Å². The Bertz CT molecular complexity index is 320. The van der Waals surface area contributed by atoms with Crippen molar-refractivity contribution in [3.05, 3.63) is 0 Å². The summed E-state index contributed by atoms with van der Waals surface area (Å²) in [6.07, 6.45) is 5.17. The highest BCUT2D eigenvalue weighted by molar-refractivity contribution is 5.82. The second-order valence-electron chi connectivity index (χ2n) is 5.69. The molecule has 3 N–H and O–H groups in total. The Hall–Kier alpha value is -1.26. The molecule has 19 heavy (non-hydrogen) atoms. The van der Waals surface area contributed by atoms with Crippen molar-refractivity contribution >= 4 is 12.0 Å². The number of hydrogen-bond donors (Lipinski definition) is 3. The van der Waals surface area contributed by atoms with Gasteiger partial charge in [-0.1, -0.05) is 40.0 Å². The molecule has 0 unspecified atom stereocenters. The molecule has 0 aromatic rings. The number of carbonyl (C=O) groups is 2. The largest absolute Gasteiger partial charge is 0.480 e. The summed E-state index contributed by atoms with van der Waals surface area (Å²) in [5.41, 5.74) is 0. The highest BCUT2D eigenvalue weighted by atomic mass is 16.4. The van der Waals surface area contributed by atoms with Gasteiger partial charge in [-0.25, -0.2) is 9.59 Å². The molecule has 0 aliphatic heterocycles. The van der Waals surface area contributed by atoms with E-state index in [-0.39, 0.29) is 18.0 Å². The fourth-order valence-corrected chi connectivity index (χ4v) is 2.57. The van der Waals surface area contributed by atoms with Crippen molar-refractivity contribution in [2.75, 3.05) is 0 Å². The predicted molar refractivity (Wildman–Crippen MR) is 74.0 cm³/mol. The fraction of sp³-hybridized carbons (Fsp3) is 0.857. The Balaban J connectivity index is 2.50. The number of carboxylic acid groups (broad SMARTS) is 1. The van der Waals surface area contributed by atoms with E-state index in [1.54, 1.807) is 0 Å². The number of carbonyl (C=O) groups excluding carboxylic acids is 1. The molecular weight excluding hydrogens is 244 g/mol. The fourth-order valence-electron chi connectivity index (χ4n) is 2.57. The molecule has 0 spiro atoms. The summed E-state index contributed by atoms with van der Waals surface area (Å²) >= 11 is 0. The third-order valence-electron chi connectivity index (χ3n) is 4.19. The van der Waals surface area contributed by atoms with Crippen molar-refractivity contribution in [2.24, 2.45) is 11.8 Å². The second-order valence-corrected chi connectivity index (χ2v) is 5.69. The molecule has 0 saturated heterocycles. The number of rotatable bonds is 5. The van der Waals surface area contributed by atoms with Crippen LogP contribution in [0.4, 0.5) is 4.79 Å². The van der Waals surface area contributed by atoms with Gasteiger partial charge in [-0.2, -0.15) is 0 Å². The van der Waals surface area contributed by atoms with Crippen LogP contribution in [0.1, 0.15) is 52.9 Å². The minimum absolute atomic E-state index is 0.0768. The van der Waals surface area contributed by atoms with Gasteiger partial charge in [0.2, 0.25) is 0 Å². The Morgan fingerprint density at radius 1 is 1.32 bits per heavy atom. The molecule has 1 rings (SSSR count). The van der Waals surface area contributed by atoms with Crippen molar-refractivity contribution < 1.29 is 14.7 Å². The van der Waals surface area contributed by atoms with Crippen molar-refractivity contribution in [2.45, 2.75) is 65.0 Å². The van der Waals surface area contributed by atoms with E-state index in [0.29, 0.717) is 5.92 Å². The smallest absolute Gasteiger partial charge is 0.326 e. The first-order chi connectivity index (χ1) is 8.95. The standard InChI is InChI=1S/C14H26N2O3/c1-4-9(2)12(13(17)18)16-14(19)15-11-8-6-5-7-10(11)3/h9-12H,4-8H2,1-3H3,(H,17,18)(H2,15,16,19)/t9-,10+,11+,12+/m0/s1. The molecule has 1 aliphatic carbocycles. The molecular formula is C14H26N2O3. The van der Waals surface area contributed by atoms with Gasteiger partial charge < -0.3 is 15.7 Å². The van der Waals surface area contributed by atoms with Crippen LogP contribution in [-0.2, 0) is 4.79 Å². The summed E-state index contributed by atoms with van der Waals surface area (Å²) in [6, 6.07) is -1.00. The Morgan fingerprint density at radius 3 is 2.47 bits per heavy atom. The van der Waals surface area contributed by atoms with Gasteiger partial charge in [-0.3, -0.25) is 0 Å². The van der Waals surface area contributed by atoms with Gasteiger partial charge in [-0.15, -0.1) is 0 Å². The minimum atomic E-state index is -0.971. The molecule has 0 bridgehead atoms. The van der Waals surface area contributed by atoms with E-state index >= 15 is 0 Å². The summed E-state index contributed by atoms with van der Waals surface area (Å²) in [4.78, 5) is 23.1. The van der Waals surface area contributed by atoms with E-state index in [1.165, 1.54) is 6.42 Å². The van der Waals surface area contributed by atoms with E-state index in [0.717, 1.165) is 25.7 Å². The van der Waals surface area contributed by atoms with Gasteiger partial charge >= 0.3 is 12.0 Å². The summed E-state index contributed by atoms with van der Waals surface area (Å²) < 4.78 is 0. The zero-order valence-corrected chi connectivity index (χ0v) is 12.1. The van der Waals surface area contributed by atoms with Gasteiger partial charge in [0.1, 0.15) is 6.04 Å². The molecule has 110 valence electrons. The van der Waals surface area contributed by atoms with E-state index < -0.39 is 12.0 Å². The maximum absolute atomic E-state index is 11.9. The number of aliphatic carboxylic acids is 1. The number of carboxylic acids is 1. The van der Waals surface area contributed by atoms with Crippen molar-refractivity contribution in [3.63, 3.8) is 0 Å². The molecule has 5 heteroatoms. The van der Waals surface area contributed by atoms with Crippen LogP contribution in [-0.4, -0.2) is 29.2 Å². The summed E-state index contributed by atoms with van der Waals surface area (Å²) in [6.45, 7) is 5.89. The normalized spacial score (nSPS) is 26.3. The van der Waals surface area contributed by atoms with Crippen LogP contribution in [0.2, 0.25) is 0 Å². The molecule has 1 fully saturated rings. The molecule has 0 aromatic heterocycles. The van der Waals surface area contributed by atoms with Gasteiger partial charge in [0, 0.05) is 6.04 Å². The maximum Gasteiger partial charge on any atom is 0.326 e. The lowest BCUT2D eigenvalue weighted by Crippen LogP contribution is -2.52. The Kier molecular flexibility index (Phi) is 6.12. The van der Waals surface area contributed by atoms with Gasteiger partial charge in [0.05, 0.1) is 0 Å². The van der Waals surface area contributed by atoms with E-state index in [9.17, 15) is 9.59 Å². The second kappa shape index (κ2) is 7.36. The number of urea groups is 1. The van der Waals surface area contributed by atoms with Crippen LogP contribution < -0.4 is 10.6 Å². The average molecular weight is 270 g/mol. The summed E-state index contributed by atoms with van der Waals surface area (Å²) in [7, 11) is 0. The van der Waals surface area contributed by atoms with Crippen molar-refractivity contribution in [1.29, 1.82) is 0 Å². The number of nitrogens with one attached hydrogen (secondary N) is 2. The van der Waals surface area contributed by atoms with E-state index in [4.69, 9.17) is 5.11 Å². The first-order valence-corrected chi connectivity index (χ1v) is 7.25. The highest BCUT2D eigenvalue weighted by Crippen LogP contribution is 2.23. The minimum Gasteiger partial charge on any atom is -0.480 e. The van der Waals surface area contributed by atoms with Crippen LogP contribution in [0.5, 0.6) is 0 Å². The quantitative estimate of drug-likeness (QED) is 0.717. The lowest BCUT2D eigenvalue weighted by atomic mass is 9.86. The molecule has 2 amide bonds. The molecule has 0 radical (unpaired) electrons. The third-order valence-corrected chi connectivity index (χ3v) is 4.19. The molecule has 1 saturated carbocycles. The molecule has 0 aromatic carbocycles. The zero-order valence-electron chi connectivity index (χ0n) is 12.1. The van der Waals surface area contributed by atoms with Gasteiger partial charge in [-0.05, 0) is 24.7 Å². The monoisotopic (exact) mass is 270 g/mol. The maximum atomic E-state index is 11.9. The topological polar surface area (TPSA) is 78.4 Å². The SMILES string of the molecule is CC[C@H](C)[C@@H](NC(=O)N[C@@H]1CCCC[C@H]1C)C(=O)O. The summed E-state index contributed by atoms with van der Waals surface area (Å²) in [5, 5.41) is 14.6. The lowest BCUT2D eigenvalue weighted by Gasteiger charge is -2.30. The molecule has 0 heterocycles. The first-order valence-electron chi connectivity index (χ1n) is 7.25. The van der Waals surface area contributed by atoms with Crippen LogP contribution in [0, 0.1) is 11.8 Å². The molecule has 4 atom stereocenters. The zero-order chi connectivity index (χ0) is 14.4. The Morgan fingerprint density at radius 2 is 1.95 bits per heavy atom. The molecule has 5 nitrogen and oxygen atoms in total. The van der Waals surface area contributed by atoms with E-state index in [1.807, 2.05) is 13.8 Å². The number of amides is 2. The predicted octanol–water partition coefficient (Wildman–Crippen LogP) is 2.36. The lowest BCUT2D eigenvalue weighted by molar-refractivity contribution is -0.140. The van der Waals surface area contributed by atoms with Crippen LogP contribution >= 0.6 is 0 Å². The Labute approximate surface area is 115 Å². The van der Waals surface area contributed by atoms with Crippen LogP contribution in [0.25, 0.3) is 0 Å². The van der Waals surface area contributed by atoms with Crippen LogP contribution in [0.15, 0.2) is 0 Å². The highest BCUT2D eigenvalue weighted by Gasteiger charge is 2.28. The number of hydrogen-bond acceptors (Lipinski definition) is 2. The average Bonchev–Trinajstić information content (AvgIpc) is 2.37. The molecule has 1 aliphatic rings. The van der Waals surface area contributed by atoms with Crippen molar-refractivity contribution in [3.8, 4) is 0 Å². The van der Waals surface area contributed by atoms with Crippen molar-refractivity contribution in [1.82, 2.24) is 10.6 Å². The summed E-state index contributed by atoms with van der Waals surface area (Å²) in [5.74, 6) is -0.584.